The van der Waals surface area contributed by atoms with Crippen molar-refractivity contribution in [1.29, 1.82) is 0 Å². The molecule has 1 unspecified atom stereocenters. The summed E-state index contributed by atoms with van der Waals surface area (Å²) in [7, 11) is 0. The minimum absolute atomic E-state index is 0.0423. The van der Waals surface area contributed by atoms with Crippen molar-refractivity contribution >= 4 is 11.7 Å². The first-order valence-corrected chi connectivity index (χ1v) is 7.09. The minimum Gasteiger partial charge on any atom is -0.480 e. The first-order valence-electron chi connectivity index (χ1n) is 7.09. The SMILES string of the molecule is Cc1ccc(C(C)N(CC(=O)O)CC2CC2)cc1[N+](=O)[O-]. The van der Waals surface area contributed by atoms with Gasteiger partial charge in [0.05, 0.1) is 11.5 Å². The summed E-state index contributed by atoms with van der Waals surface area (Å²) >= 11 is 0. The molecule has 0 spiro atoms. The van der Waals surface area contributed by atoms with Crippen LogP contribution in [0.4, 0.5) is 5.69 Å². The zero-order valence-corrected chi connectivity index (χ0v) is 12.3. The Morgan fingerprint density at radius 1 is 1.52 bits per heavy atom. The summed E-state index contributed by atoms with van der Waals surface area (Å²) < 4.78 is 0. The minimum atomic E-state index is -0.871. The first kappa shape index (κ1) is 15.4. The zero-order chi connectivity index (χ0) is 15.6. The third-order valence-corrected chi connectivity index (χ3v) is 3.99. The number of hydrogen-bond donors (Lipinski definition) is 1. The molecular weight excluding hydrogens is 272 g/mol. The van der Waals surface area contributed by atoms with Crippen molar-refractivity contribution in [3.8, 4) is 0 Å². The second-order valence-corrected chi connectivity index (χ2v) is 5.75. The van der Waals surface area contributed by atoms with Crippen molar-refractivity contribution in [3.05, 3.63) is 39.4 Å². The molecule has 1 aromatic carbocycles. The van der Waals surface area contributed by atoms with Gasteiger partial charge in [-0.3, -0.25) is 19.8 Å². The lowest BCUT2D eigenvalue weighted by Crippen LogP contribution is -2.34. The van der Waals surface area contributed by atoms with Crippen LogP contribution in [0.5, 0.6) is 0 Å². The molecule has 21 heavy (non-hydrogen) atoms. The van der Waals surface area contributed by atoms with Crippen molar-refractivity contribution in [2.45, 2.75) is 32.7 Å². The van der Waals surface area contributed by atoms with E-state index in [1.165, 1.54) is 0 Å². The lowest BCUT2D eigenvalue weighted by atomic mass is 10.0. The number of hydrogen-bond acceptors (Lipinski definition) is 4. The van der Waals surface area contributed by atoms with Crippen LogP contribution in [-0.2, 0) is 4.79 Å². The highest BCUT2D eigenvalue weighted by Gasteiger charge is 2.29. The molecule has 1 aliphatic carbocycles. The van der Waals surface area contributed by atoms with Crippen molar-refractivity contribution < 1.29 is 14.8 Å². The van der Waals surface area contributed by atoms with Crippen LogP contribution in [0.3, 0.4) is 0 Å². The number of carboxylic acids is 1. The van der Waals surface area contributed by atoms with Gasteiger partial charge in [-0.15, -0.1) is 0 Å². The summed E-state index contributed by atoms with van der Waals surface area (Å²) in [6, 6.07) is 4.97. The van der Waals surface area contributed by atoms with Gasteiger partial charge < -0.3 is 5.11 Å². The number of benzene rings is 1. The molecule has 0 aliphatic heterocycles. The van der Waals surface area contributed by atoms with E-state index in [1.807, 2.05) is 17.9 Å². The number of aliphatic carboxylic acids is 1. The van der Waals surface area contributed by atoms with Crippen LogP contribution in [0.15, 0.2) is 18.2 Å². The highest BCUT2D eigenvalue weighted by molar-refractivity contribution is 5.69. The molecule has 6 heteroatoms. The Labute approximate surface area is 123 Å². The Morgan fingerprint density at radius 2 is 2.19 bits per heavy atom. The summed E-state index contributed by atoms with van der Waals surface area (Å²) in [5.74, 6) is -0.309. The molecule has 0 amide bonds. The van der Waals surface area contributed by atoms with Crippen LogP contribution in [0.2, 0.25) is 0 Å². The van der Waals surface area contributed by atoms with Crippen LogP contribution >= 0.6 is 0 Å². The molecule has 1 fully saturated rings. The van der Waals surface area contributed by atoms with E-state index in [2.05, 4.69) is 0 Å². The van der Waals surface area contributed by atoms with E-state index in [0.29, 0.717) is 11.5 Å². The summed E-state index contributed by atoms with van der Waals surface area (Å²) in [6.45, 7) is 4.29. The highest BCUT2D eigenvalue weighted by atomic mass is 16.6. The maximum Gasteiger partial charge on any atom is 0.317 e. The molecule has 0 radical (unpaired) electrons. The van der Waals surface area contributed by atoms with Crippen molar-refractivity contribution in [2.75, 3.05) is 13.1 Å². The number of carbonyl (C=O) groups is 1. The van der Waals surface area contributed by atoms with Gasteiger partial charge in [-0.25, -0.2) is 0 Å². The smallest absolute Gasteiger partial charge is 0.317 e. The Balaban J connectivity index is 2.22. The number of nitrogens with zero attached hydrogens (tertiary/aromatic N) is 2. The van der Waals surface area contributed by atoms with Gasteiger partial charge in [0.2, 0.25) is 0 Å². The van der Waals surface area contributed by atoms with Crippen LogP contribution < -0.4 is 0 Å². The molecule has 1 N–H and O–H groups in total. The molecule has 1 aromatic rings. The average molecular weight is 292 g/mol. The van der Waals surface area contributed by atoms with Gasteiger partial charge in [0, 0.05) is 24.2 Å². The number of carboxylic acid groups (broad SMARTS) is 1. The first-order chi connectivity index (χ1) is 9.88. The number of nitro groups is 1. The van der Waals surface area contributed by atoms with Crippen molar-refractivity contribution in [3.63, 3.8) is 0 Å². The van der Waals surface area contributed by atoms with Crippen LogP contribution in [0.25, 0.3) is 0 Å². The fourth-order valence-corrected chi connectivity index (χ4v) is 2.46. The monoisotopic (exact) mass is 292 g/mol. The van der Waals surface area contributed by atoms with E-state index in [4.69, 9.17) is 5.11 Å². The van der Waals surface area contributed by atoms with E-state index >= 15 is 0 Å². The molecule has 0 heterocycles. The van der Waals surface area contributed by atoms with Crippen molar-refractivity contribution in [2.24, 2.45) is 5.92 Å². The van der Waals surface area contributed by atoms with Crippen molar-refractivity contribution in [1.82, 2.24) is 4.90 Å². The molecule has 0 aromatic heterocycles. The maximum absolute atomic E-state index is 11.0. The third kappa shape index (κ3) is 4.01. The number of aryl methyl sites for hydroxylation is 1. The lowest BCUT2D eigenvalue weighted by molar-refractivity contribution is -0.385. The standard InChI is InChI=1S/C15H20N2O4/c1-10-3-6-13(7-14(10)17(20)21)11(2)16(9-15(18)19)8-12-4-5-12/h3,6-7,11-12H,4-5,8-9H2,1-2H3,(H,18,19). The largest absolute Gasteiger partial charge is 0.480 e. The molecule has 6 nitrogen and oxygen atoms in total. The van der Waals surface area contributed by atoms with Gasteiger partial charge in [-0.1, -0.05) is 12.1 Å². The van der Waals surface area contributed by atoms with Crippen LogP contribution in [-0.4, -0.2) is 34.0 Å². The highest BCUT2D eigenvalue weighted by Crippen LogP contribution is 2.33. The van der Waals surface area contributed by atoms with Crippen LogP contribution in [0, 0.1) is 23.0 Å². The Bertz CT molecular complexity index is 555. The van der Waals surface area contributed by atoms with Gasteiger partial charge in [0.25, 0.3) is 5.69 Å². The molecule has 0 bridgehead atoms. The lowest BCUT2D eigenvalue weighted by Gasteiger charge is -2.28. The molecular formula is C15H20N2O4. The van der Waals surface area contributed by atoms with Gasteiger partial charge in [-0.2, -0.15) is 0 Å². The third-order valence-electron chi connectivity index (χ3n) is 3.99. The van der Waals surface area contributed by atoms with Gasteiger partial charge >= 0.3 is 5.97 Å². The predicted molar refractivity (Wildman–Crippen MR) is 78.2 cm³/mol. The normalized spacial score (nSPS) is 16.0. The van der Waals surface area contributed by atoms with Gasteiger partial charge in [-0.05, 0) is 38.2 Å². The average Bonchev–Trinajstić information content (AvgIpc) is 3.21. The second kappa shape index (κ2) is 6.22. The Morgan fingerprint density at radius 3 is 2.71 bits per heavy atom. The molecule has 1 saturated carbocycles. The fourth-order valence-electron chi connectivity index (χ4n) is 2.46. The summed E-state index contributed by atoms with van der Waals surface area (Å²) in [6.07, 6.45) is 2.27. The second-order valence-electron chi connectivity index (χ2n) is 5.75. The predicted octanol–water partition coefficient (Wildman–Crippen LogP) is 2.76. The molecule has 114 valence electrons. The van der Waals surface area contributed by atoms with Crippen LogP contribution in [0.1, 0.15) is 36.9 Å². The topological polar surface area (TPSA) is 83.7 Å². The zero-order valence-electron chi connectivity index (χ0n) is 12.3. The van der Waals surface area contributed by atoms with E-state index in [9.17, 15) is 14.9 Å². The summed E-state index contributed by atoms with van der Waals surface area (Å²) in [5, 5.41) is 20.1. The van der Waals surface area contributed by atoms with Gasteiger partial charge in [0.1, 0.15) is 0 Å². The summed E-state index contributed by atoms with van der Waals surface area (Å²) in [5.41, 5.74) is 1.48. The van der Waals surface area contributed by atoms with E-state index < -0.39 is 10.9 Å². The maximum atomic E-state index is 11.0. The fraction of sp³-hybridized carbons (Fsp3) is 0.533. The quantitative estimate of drug-likeness (QED) is 0.617. The Hall–Kier alpha value is -1.95. The number of rotatable bonds is 7. The molecule has 0 saturated heterocycles. The molecule has 1 atom stereocenters. The molecule has 1 aliphatic rings. The van der Waals surface area contributed by atoms with Gasteiger partial charge in [0.15, 0.2) is 0 Å². The van der Waals surface area contributed by atoms with E-state index in [-0.39, 0.29) is 18.3 Å². The Kier molecular flexibility index (Phi) is 4.57. The molecule has 2 rings (SSSR count). The van der Waals surface area contributed by atoms with E-state index in [1.54, 1.807) is 19.1 Å². The van der Waals surface area contributed by atoms with E-state index in [0.717, 1.165) is 24.9 Å². The number of nitro benzene ring substituents is 1. The summed E-state index contributed by atoms with van der Waals surface area (Å²) in [4.78, 5) is 23.5.